The summed E-state index contributed by atoms with van der Waals surface area (Å²) in [4.78, 5) is 0. The Hall–Kier alpha value is -0.120. The van der Waals surface area contributed by atoms with E-state index in [2.05, 4.69) is 6.92 Å². The quantitative estimate of drug-likeness (QED) is 0.657. The number of aliphatic hydroxyl groups is 1. The van der Waals surface area contributed by atoms with Crippen LogP contribution in [0.1, 0.15) is 39.0 Å². The number of rotatable bonds is 5. The molecule has 16 heavy (non-hydrogen) atoms. The summed E-state index contributed by atoms with van der Waals surface area (Å²) in [5, 5.41) is 9.20. The van der Waals surface area contributed by atoms with Crippen LogP contribution < -0.4 is 11.5 Å². The lowest BCUT2D eigenvalue weighted by molar-refractivity contribution is 0.0390. The average molecular weight is 226 g/mol. The predicted molar refractivity (Wildman–Crippen MR) is 65.8 cm³/mol. The first-order valence-electron chi connectivity index (χ1n) is 6.81. The van der Waals surface area contributed by atoms with Crippen LogP contribution in [0, 0.1) is 23.7 Å². The van der Waals surface area contributed by atoms with Crippen LogP contribution in [0.2, 0.25) is 0 Å². The Morgan fingerprint density at radius 2 is 1.50 bits per heavy atom. The highest BCUT2D eigenvalue weighted by molar-refractivity contribution is 4.98. The van der Waals surface area contributed by atoms with Gasteiger partial charge >= 0.3 is 0 Å². The summed E-state index contributed by atoms with van der Waals surface area (Å²) < 4.78 is 0. The zero-order valence-corrected chi connectivity index (χ0v) is 10.3. The Balaban J connectivity index is 1.86. The van der Waals surface area contributed by atoms with Gasteiger partial charge in [-0.1, -0.05) is 13.3 Å². The van der Waals surface area contributed by atoms with Crippen LogP contribution in [0.3, 0.4) is 0 Å². The molecule has 2 aliphatic rings. The molecular weight excluding hydrogens is 200 g/mol. The Labute approximate surface area is 98.6 Å². The van der Waals surface area contributed by atoms with E-state index in [0.29, 0.717) is 17.8 Å². The van der Waals surface area contributed by atoms with E-state index >= 15 is 0 Å². The Morgan fingerprint density at radius 1 is 1.00 bits per heavy atom. The van der Waals surface area contributed by atoms with Crippen molar-refractivity contribution in [3.63, 3.8) is 0 Å². The van der Waals surface area contributed by atoms with Crippen molar-refractivity contribution in [3.8, 4) is 0 Å². The molecule has 0 heterocycles. The van der Waals surface area contributed by atoms with Gasteiger partial charge in [-0.15, -0.1) is 0 Å². The van der Waals surface area contributed by atoms with Crippen molar-refractivity contribution < 1.29 is 5.11 Å². The molecule has 0 saturated heterocycles. The van der Waals surface area contributed by atoms with Crippen molar-refractivity contribution in [1.82, 2.24) is 0 Å². The highest BCUT2D eigenvalue weighted by Crippen LogP contribution is 2.43. The summed E-state index contributed by atoms with van der Waals surface area (Å²) in [6.07, 6.45) is 6.10. The maximum absolute atomic E-state index is 9.20. The zero-order chi connectivity index (χ0) is 11.7. The molecule has 0 radical (unpaired) electrons. The van der Waals surface area contributed by atoms with Crippen molar-refractivity contribution >= 4 is 0 Å². The first-order chi connectivity index (χ1) is 7.69. The lowest BCUT2D eigenvalue weighted by atomic mass is 9.62. The van der Waals surface area contributed by atoms with Gasteiger partial charge in [0.25, 0.3) is 0 Å². The second-order valence-corrected chi connectivity index (χ2v) is 5.75. The first kappa shape index (κ1) is 12.3. The van der Waals surface area contributed by atoms with Gasteiger partial charge in [0.05, 0.1) is 0 Å². The topological polar surface area (TPSA) is 72.3 Å². The fourth-order valence-corrected chi connectivity index (χ4v) is 3.51. The number of nitrogens with two attached hydrogens (primary N) is 2. The molecule has 0 aromatic rings. The molecule has 5 N–H and O–H groups in total. The van der Waals surface area contributed by atoms with Crippen molar-refractivity contribution in [2.75, 3.05) is 6.61 Å². The summed E-state index contributed by atoms with van der Waals surface area (Å²) in [7, 11) is 0. The Bertz CT molecular complexity index is 206. The molecule has 2 aliphatic carbocycles. The second kappa shape index (κ2) is 5.03. The molecule has 3 nitrogen and oxygen atoms in total. The maximum Gasteiger partial charge on any atom is 0.0462 e. The highest BCUT2D eigenvalue weighted by atomic mass is 16.3. The zero-order valence-electron chi connectivity index (χ0n) is 10.3. The standard InChI is InChI=1S/C13H26N2O/c1-2-8-3-5-10(8)12(14)13(15)11-6-4-9(11)7-16/h8-13,16H,2-7,14-15H2,1H3/t8?,9?,10?,11?,12?,13-/m1/s1. The highest BCUT2D eigenvalue weighted by Gasteiger charge is 2.43. The molecule has 0 bridgehead atoms. The molecule has 94 valence electrons. The number of hydrogen-bond acceptors (Lipinski definition) is 3. The number of hydrogen-bond donors (Lipinski definition) is 3. The van der Waals surface area contributed by atoms with Gasteiger partial charge in [0.15, 0.2) is 0 Å². The molecule has 3 heteroatoms. The summed E-state index contributed by atoms with van der Waals surface area (Å²) in [6.45, 7) is 2.53. The summed E-state index contributed by atoms with van der Waals surface area (Å²) in [5.41, 5.74) is 12.6. The largest absolute Gasteiger partial charge is 0.396 e. The van der Waals surface area contributed by atoms with Gasteiger partial charge in [0, 0.05) is 18.7 Å². The Kier molecular flexibility index (Phi) is 3.88. The van der Waals surface area contributed by atoms with E-state index < -0.39 is 0 Å². The molecule has 0 aromatic carbocycles. The van der Waals surface area contributed by atoms with E-state index in [0.717, 1.165) is 18.8 Å². The Morgan fingerprint density at radius 3 is 1.81 bits per heavy atom. The lowest BCUT2D eigenvalue weighted by Gasteiger charge is -2.48. The summed E-state index contributed by atoms with van der Waals surface area (Å²) in [5.74, 6) is 2.33. The molecule has 2 rings (SSSR count). The van der Waals surface area contributed by atoms with E-state index in [-0.39, 0.29) is 18.7 Å². The van der Waals surface area contributed by atoms with E-state index in [4.69, 9.17) is 11.5 Å². The predicted octanol–water partition coefficient (Wildman–Crippen LogP) is 1.10. The van der Waals surface area contributed by atoms with E-state index in [1.54, 1.807) is 0 Å². The van der Waals surface area contributed by atoms with Crippen LogP contribution in [0.5, 0.6) is 0 Å². The maximum atomic E-state index is 9.20. The minimum atomic E-state index is 0.102. The van der Waals surface area contributed by atoms with Crippen molar-refractivity contribution in [2.45, 2.75) is 51.1 Å². The van der Waals surface area contributed by atoms with Crippen molar-refractivity contribution in [1.29, 1.82) is 0 Å². The molecular formula is C13H26N2O. The van der Waals surface area contributed by atoms with Gasteiger partial charge in [-0.05, 0) is 49.4 Å². The smallest absolute Gasteiger partial charge is 0.0462 e. The van der Waals surface area contributed by atoms with E-state index in [1.807, 2.05) is 0 Å². The van der Waals surface area contributed by atoms with Gasteiger partial charge in [-0.2, -0.15) is 0 Å². The third-order valence-corrected chi connectivity index (χ3v) is 5.14. The lowest BCUT2D eigenvalue weighted by Crippen LogP contribution is -2.58. The molecule has 5 unspecified atom stereocenters. The third-order valence-electron chi connectivity index (χ3n) is 5.14. The molecule has 2 fully saturated rings. The monoisotopic (exact) mass is 226 g/mol. The second-order valence-electron chi connectivity index (χ2n) is 5.75. The molecule has 0 aromatic heterocycles. The average Bonchev–Trinajstić information content (AvgIpc) is 2.15. The summed E-state index contributed by atoms with van der Waals surface area (Å²) >= 11 is 0. The van der Waals surface area contributed by atoms with Crippen molar-refractivity contribution in [3.05, 3.63) is 0 Å². The minimum Gasteiger partial charge on any atom is -0.396 e. The van der Waals surface area contributed by atoms with Crippen LogP contribution in [-0.2, 0) is 0 Å². The summed E-state index contributed by atoms with van der Waals surface area (Å²) in [6, 6.07) is 0.253. The molecule has 0 amide bonds. The molecule has 0 spiro atoms. The molecule has 0 aliphatic heterocycles. The van der Waals surface area contributed by atoms with Crippen molar-refractivity contribution in [2.24, 2.45) is 35.1 Å². The van der Waals surface area contributed by atoms with Crippen LogP contribution in [0.25, 0.3) is 0 Å². The SMILES string of the molecule is CCC1CCC1C(N)[C@H](N)C1CCC1CO. The number of aliphatic hydroxyl groups excluding tert-OH is 1. The van der Waals surface area contributed by atoms with Gasteiger partial charge in [-0.25, -0.2) is 0 Å². The van der Waals surface area contributed by atoms with Crippen LogP contribution in [0.15, 0.2) is 0 Å². The van der Waals surface area contributed by atoms with Crippen LogP contribution >= 0.6 is 0 Å². The van der Waals surface area contributed by atoms with Gasteiger partial charge < -0.3 is 16.6 Å². The van der Waals surface area contributed by atoms with Gasteiger partial charge in [0.2, 0.25) is 0 Å². The fraction of sp³-hybridized carbons (Fsp3) is 1.00. The fourth-order valence-electron chi connectivity index (χ4n) is 3.51. The molecule has 6 atom stereocenters. The molecule has 2 saturated carbocycles. The van der Waals surface area contributed by atoms with E-state index in [1.165, 1.54) is 19.3 Å². The minimum absolute atomic E-state index is 0.102. The van der Waals surface area contributed by atoms with Crippen LogP contribution in [-0.4, -0.2) is 23.8 Å². The van der Waals surface area contributed by atoms with Gasteiger partial charge in [0.1, 0.15) is 0 Å². The van der Waals surface area contributed by atoms with Crippen LogP contribution in [0.4, 0.5) is 0 Å². The third kappa shape index (κ3) is 2.01. The normalized spacial score (nSPS) is 42.0. The van der Waals surface area contributed by atoms with E-state index in [9.17, 15) is 5.11 Å². The van der Waals surface area contributed by atoms with Gasteiger partial charge in [-0.3, -0.25) is 0 Å². The first-order valence-corrected chi connectivity index (χ1v) is 6.81.